The van der Waals surface area contributed by atoms with Crippen LogP contribution in [0.2, 0.25) is 0 Å². The van der Waals surface area contributed by atoms with E-state index in [-0.39, 0.29) is 5.91 Å². The largest absolute Gasteiger partial charge is 0.272 e. The van der Waals surface area contributed by atoms with Gasteiger partial charge >= 0.3 is 0 Å². The molecular formula is C17H14N2OS. The topological polar surface area (TPSA) is 41.5 Å². The van der Waals surface area contributed by atoms with Crippen molar-refractivity contribution in [3.63, 3.8) is 0 Å². The van der Waals surface area contributed by atoms with Crippen molar-refractivity contribution in [3.8, 4) is 0 Å². The quantitative estimate of drug-likeness (QED) is 0.574. The minimum absolute atomic E-state index is 0.192. The third-order valence-corrected chi connectivity index (χ3v) is 4.22. The standard InChI is InChI=1S/C17H14N2OS/c1-12(16-10-5-11-21-16)18-19-17(20)15-9-4-7-13-6-2-3-8-14(13)15/h2-11H,1H3,(H,19,20)/b18-12+. The second kappa shape index (κ2) is 5.89. The molecule has 104 valence electrons. The first-order valence-electron chi connectivity index (χ1n) is 6.62. The van der Waals surface area contributed by atoms with E-state index in [1.807, 2.05) is 66.9 Å². The van der Waals surface area contributed by atoms with Gasteiger partial charge in [-0.05, 0) is 35.2 Å². The van der Waals surface area contributed by atoms with Crippen molar-refractivity contribution in [2.45, 2.75) is 6.92 Å². The number of hydrogen-bond acceptors (Lipinski definition) is 3. The highest BCUT2D eigenvalue weighted by molar-refractivity contribution is 7.12. The van der Waals surface area contributed by atoms with Gasteiger partial charge in [-0.25, -0.2) is 5.43 Å². The Bertz CT molecular complexity index is 801. The van der Waals surface area contributed by atoms with Gasteiger partial charge in [-0.3, -0.25) is 4.79 Å². The lowest BCUT2D eigenvalue weighted by molar-refractivity contribution is 0.0956. The van der Waals surface area contributed by atoms with Gasteiger partial charge in [0.1, 0.15) is 0 Å². The molecular weight excluding hydrogens is 280 g/mol. The molecule has 0 saturated heterocycles. The number of thiophene rings is 1. The molecule has 4 heteroatoms. The zero-order valence-corrected chi connectivity index (χ0v) is 12.4. The first-order chi connectivity index (χ1) is 10.3. The molecule has 0 atom stereocenters. The summed E-state index contributed by atoms with van der Waals surface area (Å²) in [7, 11) is 0. The van der Waals surface area contributed by atoms with E-state index in [4.69, 9.17) is 0 Å². The van der Waals surface area contributed by atoms with Crippen molar-refractivity contribution in [2.75, 3.05) is 0 Å². The summed E-state index contributed by atoms with van der Waals surface area (Å²) in [5.74, 6) is -0.192. The summed E-state index contributed by atoms with van der Waals surface area (Å²) in [6, 6.07) is 17.5. The number of rotatable bonds is 3. The molecule has 0 aliphatic heterocycles. The fraction of sp³-hybridized carbons (Fsp3) is 0.0588. The Morgan fingerprint density at radius 1 is 1.05 bits per heavy atom. The second-order valence-electron chi connectivity index (χ2n) is 4.64. The van der Waals surface area contributed by atoms with Crippen LogP contribution in [0.3, 0.4) is 0 Å². The average Bonchev–Trinajstić information content (AvgIpc) is 3.06. The van der Waals surface area contributed by atoms with E-state index in [2.05, 4.69) is 10.5 Å². The molecule has 0 aliphatic carbocycles. The number of hydrogen-bond donors (Lipinski definition) is 1. The van der Waals surface area contributed by atoms with Gasteiger partial charge in [-0.1, -0.05) is 42.5 Å². The van der Waals surface area contributed by atoms with Crippen LogP contribution < -0.4 is 5.43 Å². The van der Waals surface area contributed by atoms with Crippen LogP contribution in [0.4, 0.5) is 0 Å². The summed E-state index contributed by atoms with van der Waals surface area (Å²) >= 11 is 1.60. The Balaban J connectivity index is 1.86. The Kier molecular flexibility index (Phi) is 3.79. The second-order valence-corrected chi connectivity index (χ2v) is 5.59. The van der Waals surface area contributed by atoms with Gasteiger partial charge < -0.3 is 0 Å². The van der Waals surface area contributed by atoms with Crippen molar-refractivity contribution in [1.82, 2.24) is 5.43 Å². The molecule has 0 spiro atoms. The van der Waals surface area contributed by atoms with Crippen molar-refractivity contribution >= 4 is 33.7 Å². The minimum atomic E-state index is -0.192. The van der Waals surface area contributed by atoms with Gasteiger partial charge in [-0.2, -0.15) is 5.10 Å². The van der Waals surface area contributed by atoms with Gasteiger partial charge in [0.2, 0.25) is 0 Å². The van der Waals surface area contributed by atoms with E-state index in [1.54, 1.807) is 11.3 Å². The lowest BCUT2D eigenvalue weighted by Gasteiger charge is -2.05. The summed E-state index contributed by atoms with van der Waals surface area (Å²) in [4.78, 5) is 13.4. The van der Waals surface area contributed by atoms with Crippen LogP contribution in [0.25, 0.3) is 10.8 Å². The SMILES string of the molecule is C/C(=N\NC(=O)c1cccc2ccccc12)c1cccs1. The summed E-state index contributed by atoms with van der Waals surface area (Å²) in [5, 5.41) is 8.14. The van der Waals surface area contributed by atoms with Gasteiger partial charge in [-0.15, -0.1) is 11.3 Å². The van der Waals surface area contributed by atoms with Crippen LogP contribution >= 0.6 is 11.3 Å². The Morgan fingerprint density at radius 2 is 1.86 bits per heavy atom. The molecule has 1 amide bonds. The van der Waals surface area contributed by atoms with Crippen LogP contribution in [-0.2, 0) is 0 Å². The molecule has 0 saturated carbocycles. The van der Waals surface area contributed by atoms with Gasteiger partial charge in [0.25, 0.3) is 5.91 Å². The summed E-state index contributed by atoms with van der Waals surface area (Å²) in [5.41, 5.74) is 4.07. The molecule has 21 heavy (non-hydrogen) atoms. The van der Waals surface area contributed by atoms with E-state index in [1.165, 1.54) is 0 Å². The maximum absolute atomic E-state index is 12.3. The molecule has 0 unspecified atom stereocenters. The molecule has 2 aromatic carbocycles. The van der Waals surface area contributed by atoms with Gasteiger partial charge in [0.15, 0.2) is 0 Å². The van der Waals surface area contributed by atoms with Crippen LogP contribution in [0.15, 0.2) is 65.1 Å². The number of benzene rings is 2. The third kappa shape index (κ3) is 2.85. The normalized spacial score (nSPS) is 11.6. The van der Waals surface area contributed by atoms with Crippen molar-refractivity contribution in [1.29, 1.82) is 0 Å². The summed E-state index contributed by atoms with van der Waals surface area (Å²) < 4.78 is 0. The molecule has 3 rings (SSSR count). The van der Waals surface area contributed by atoms with Gasteiger partial charge in [0, 0.05) is 10.4 Å². The van der Waals surface area contributed by atoms with Crippen molar-refractivity contribution in [2.24, 2.45) is 5.10 Å². The average molecular weight is 294 g/mol. The Hall–Kier alpha value is -2.46. The lowest BCUT2D eigenvalue weighted by Crippen LogP contribution is -2.19. The predicted octanol–water partition coefficient (Wildman–Crippen LogP) is 4.06. The third-order valence-electron chi connectivity index (χ3n) is 3.24. The Labute approximate surface area is 126 Å². The summed E-state index contributed by atoms with van der Waals surface area (Å²) in [6.45, 7) is 1.88. The van der Waals surface area contributed by atoms with E-state index in [0.29, 0.717) is 5.56 Å². The van der Waals surface area contributed by atoms with Gasteiger partial charge in [0.05, 0.1) is 5.71 Å². The first-order valence-corrected chi connectivity index (χ1v) is 7.50. The molecule has 0 fully saturated rings. The fourth-order valence-corrected chi connectivity index (χ4v) is 2.83. The highest BCUT2D eigenvalue weighted by Crippen LogP contribution is 2.18. The van der Waals surface area contributed by atoms with Crippen LogP contribution in [0.1, 0.15) is 22.2 Å². The summed E-state index contributed by atoms with van der Waals surface area (Å²) in [6.07, 6.45) is 0. The number of carbonyl (C=O) groups excluding carboxylic acids is 1. The molecule has 0 bridgehead atoms. The number of amides is 1. The van der Waals surface area contributed by atoms with Crippen molar-refractivity contribution < 1.29 is 4.79 Å². The molecule has 3 aromatic rings. The van der Waals surface area contributed by atoms with E-state index in [9.17, 15) is 4.79 Å². The van der Waals surface area contributed by atoms with E-state index >= 15 is 0 Å². The number of nitrogens with one attached hydrogen (secondary N) is 1. The zero-order valence-electron chi connectivity index (χ0n) is 11.5. The van der Waals surface area contributed by atoms with Crippen LogP contribution in [-0.4, -0.2) is 11.6 Å². The monoisotopic (exact) mass is 294 g/mol. The number of carbonyl (C=O) groups is 1. The number of hydrazone groups is 1. The van der Waals surface area contributed by atoms with Crippen molar-refractivity contribution in [3.05, 3.63) is 70.4 Å². The molecule has 0 radical (unpaired) electrons. The molecule has 1 heterocycles. The molecule has 1 aromatic heterocycles. The smallest absolute Gasteiger partial charge is 0.267 e. The maximum atomic E-state index is 12.3. The highest BCUT2D eigenvalue weighted by Gasteiger charge is 2.09. The van der Waals surface area contributed by atoms with Crippen LogP contribution in [0, 0.1) is 0 Å². The number of nitrogens with zero attached hydrogens (tertiary/aromatic N) is 1. The lowest BCUT2D eigenvalue weighted by atomic mass is 10.0. The molecule has 0 aliphatic rings. The predicted molar refractivity (Wildman–Crippen MR) is 87.9 cm³/mol. The maximum Gasteiger partial charge on any atom is 0.272 e. The zero-order chi connectivity index (χ0) is 14.7. The Morgan fingerprint density at radius 3 is 2.67 bits per heavy atom. The molecule has 3 nitrogen and oxygen atoms in total. The van der Waals surface area contributed by atoms with Crippen LogP contribution in [0.5, 0.6) is 0 Å². The number of fused-ring (bicyclic) bond motifs is 1. The first kappa shape index (κ1) is 13.5. The highest BCUT2D eigenvalue weighted by atomic mass is 32.1. The molecule has 1 N–H and O–H groups in total. The van der Waals surface area contributed by atoms with E-state index < -0.39 is 0 Å². The minimum Gasteiger partial charge on any atom is -0.267 e. The van der Waals surface area contributed by atoms with E-state index in [0.717, 1.165) is 21.4 Å². The fourth-order valence-electron chi connectivity index (χ4n) is 2.16.